The summed E-state index contributed by atoms with van der Waals surface area (Å²) in [6, 6.07) is 24.7. The van der Waals surface area contributed by atoms with E-state index in [1.54, 1.807) is 0 Å². The number of aromatic nitrogens is 1. The highest BCUT2D eigenvalue weighted by molar-refractivity contribution is 6.66. The minimum Gasteiger partial charge on any atom is -0.309 e. The van der Waals surface area contributed by atoms with Crippen molar-refractivity contribution < 1.29 is 0 Å². The molecule has 4 aromatic rings. The van der Waals surface area contributed by atoms with E-state index in [1.165, 1.54) is 5.39 Å². The van der Waals surface area contributed by atoms with Crippen LogP contribution < -0.4 is 0 Å². The molecule has 0 aliphatic rings. The zero-order valence-electron chi connectivity index (χ0n) is 14.9. The number of amidine groups is 2. The number of hydrogen-bond donors (Lipinski definition) is 0. The molecule has 0 atom stereocenters. The molecule has 0 aliphatic carbocycles. The van der Waals surface area contributed by atoms with Crippen LogP contribution in [0.25, 0.3) is 27.5 Å². The Bertz CT molecular complexity index is 1220. The molecule has 0 amide bonds. The smallest absolute Gasteiger partial charge is 0.223 e. The van der Waals surface area contributed by atoms with Crippen LogP contribution in [0.5, 0.6) is 0 Å². The van der Waals surface area contributed by atoms with Crippen LogP contribution in [-0.4, -0.2) is 28.4 Å². The zero-order chi connectivity index (χ0) is 19.5. The summed E-state index contributed by atoms with van der Waals surface area (Å²) >= 11 is 11.8. The third-order valence-corrected chi connectivity index (χ3v) is 4.81. The van der Waals surface area contributed by atoms with Crippen LogP contribution in [0.4, 0.5) is 0 Å². The molecule has 1 aromatic heterocycles. The molecule has 0 unspecified atom stereocenters. The summed E-state index contributed by atoms with van der Waals surface area (Å²) in [5.74, 6) is 0.416. The van der Waals surface area contributed by atoms with Gasteiger partial charge in [0, 0.05) is 22.0 Å². The first-order chi connectivity index (χ1) is 13.7. The van der Waals surface area contributed by atoms with Gasteiger partial charge < -0.3 is 4.57 Å². The van der Waals surface area contributed by atoms with E-state index in [-0.39, 0.29) is 11.3 Å². The first-order valence-electron chi connectivity index (χ1n) is 8.63. The van der Waals surface area contributed by atoms with E-state index in [4.69, 9.17) is 23.2 Å². The standard InChI is InChI=1S/C22H16Cl2N4/c1-25-22(24)27-21(26-14-23)15-11-12-18-17-9-5-6-10-19(17)28(20(18)13-15)16-7-3-2-4-8-16/h2-13H,1,14H2. The van der Waals surface area contributed by atoms with Crippen LogP contribution in [0.3, 0.4) is 0 Å². The van der Waals surface area contributed by atoms with Gasteiger partial charge in [0.05, 0.1) is 11.0 Å². The van der Waals surface area contributed by atoms with Crippen LogP contribution in [0.15, 0.2) is 87.8 Å². The van der Waals surface area contributed by atoms with Gasteiger partial charge in [0.25, 0.3) is 0 Å². The molecule has 28 heavy (non-hydrogen) atoms. The van der Waals surface area contributed by atoms with Crippen molar-refractivity contribution >= 4 is 62.9 Å². The first-order valence-corrected chi connectivity index (χ1v) is 9.54. The SMILES string of the molecule is C=NC(Cl)=NC(=NCCl)c1ccc2c3ccccc3n(-c3ccccc3)c2c1. The van der Waals surface area contributed by atoms with Gasteiger partial charge in [-0.2, -0.15) is 4.99 Å². The number of alkyl halides is 1. The van der Waals surface area contributed by atoms with E-state index in [9.17, 15) is 0 Å². The van der Waals surface area contributed by atoms with Gasteiger partial charge in [-0.25, -0.2) is 9.98 Å². The maximum atomic E-state index is 5.95. The Morgan fingerprint density at radius 1 is 0.893 bits per heavy atom. The predicted molar refractivity (Wildman–Crippen MR) is 121 cm³/mol. The molecule has 6 heteroatoms. The molecule has 0 radical (unpaired) electrons. The van der Waals surface area contributed by atoms with E-state index in [2.05, 4.69) is 56.6 Å². The van der Waals surface area contributed by atoms with Gasteiger partial charge in [0.1, 0.15) is 6.00 Å². The van der Waals surface area contributed by atoms with Gasteiger partial charge in [0.2, 0.25) is 5.29 Å². The normalized spacial score (nSPS) is 12.6. The average molecular weight is 407 g/mol. The molecule has 4 rings (SSSR count). The number of rotatable bonds is 3. The summed E-state index contributed by atoms with van der Waals surface area (Å²) < 4.78 is 2.23. The summed E-state index contributed by atoms with van der Waals surface area (Å²) in [7, 11) is 0. The first kappa shape index (κ1) is 18.4. The molecule has 138 valence electrons. The number of benzene rings is 3. The molecule has 0 saturated carbocycles. The Balaban J connectivity index is 2.03. The molecule has 0 aliphatic heterocycles. The van der Waals surface area contributed by atoms with E-state index >= 15 is 0 Å². The fourth-order valence-electron chi connectivity index (χ4n) is 3.34. The molecular formula is C22H16Cl2N4. The summed E-state index contributed by atoms with van der Waals surface area (Å²) in [5.41, 5.74) is 4.06. The van der Waals surface area contributed by atoms with E-state index in [1.807, 2.05) is 42.5 Å². The molecule has 4 nitrogen and oxygen atoms in total. The minimum absolute atomic E-state index is 0.0209. The Morgan fingerprint density at radius 3 is 2.36 bits per heavy atom. The molecule has 1 heterocycles. The van der Waals surface area contributed by atoms with Crippen molar-refractivity contribution in [2.24, 2.45) is 15.0 Å². The van der Waals surface area contributed by atoms with Gasteiger partial charge >= 0.3 is 0 Å². The lowest BCUT2D eigenvalue weighted by atomic mass is 10.1. The zero-order valence-corrected chi connectivity index (χ0v) is 16.4. The maximum absolute atomic E-state index is 5.95. The van der Waals surface area contributed by atoms with E-state index in [0.29, 0.717) is 5.84 Å². The van der Waals surface area contributed by atoms with E-state index < -0.39 is 0 Å². The highest BCUT2D eigenvalue weighted by atomic mass is 35.5. The Morgan fingerprint density at radius 2 is 1.61 bits per heavy atom. The van der Waals surface area contributed by atoms with Crippen molar-refractivity contribution in [3.05, 3.63) is 78.4 Å². The van der Waals surface area contributed by atoms with Crippen molar-refractivity contribution in [1.29, 1.82) is 0 Å². The molecule has 0 N–H and O–H groups in total. The minimum atomic E-state index is 0.0209. The number of nitrogens with zero attached hydrogens (tertiary/aromatic N) is 4. The average Bonchev–Trinajstić information content (AvgIpc) is 3.07. The van der Waals surface area contributed by atoms with E-state index in [0.717, 1.165) is 27.7 Å². The third kappa shape index (κ3) is 3.33. The van der Waals surface area contributed by atoms with Crippen molar-refractivity contribution in [3.63, 3.8) is 0 Å². The van der Waals surface area contributed by atoms with Gasteiger partial charge in [-0.1, -0.05) is 48.5 Å². The Labute approximate surface area is 172 Å². The molecule has 0 spiro atoms. The molecule has 3 aromatic carbocycles. The fourth-order valence-corrected chi connectivity index (χ4v) is 3.53. The highest BCUT2D eigenvalue weighted by Crippen LogP contribution is 2.32. The second-order valence-corrected chi connectivity index (χ2v) is 6.64. The van der Waals surface area contributed by atoms with Crippen LogP contribution in [0.2, 0.25) is 0 Å². The number of hydrogen-bond acceptors (Lipinski definition) is 1. The summed E-state index contributed by atoms with van der Waals surface area (Å²) in [5, 5.41) is 2.34. The second-order valence-electron chi connectivity index (χ2n) is 6.06. The van der Waals surface area contributed by atoms with Crippen molar-refractivity contribution in [2.75, 3.05) is 6.00 Å². The fraction of sp³-hybridized carbons (Fsp3) is 0.0455. The lowest BCUT2D eigenvalue weighted by Gasteiger charge is -2.08. The topological polar surface area (TPSA) is 42.0 Å². The maximum Gasteiger partial charge on any atom is 0.223 e. The molecule has 0 saturated heterocycles. The number of fused-ring (bicyclic) bond motifs is 3. The third-order valence-electron chi connectivity index (χ3n) is 4.48. The predicted octanol–water partition coefficient (Wildman–Crippen LogP) is 6.02. The van der Waals surface area contributed by atoms with Crippen molar-refractivity contribution in [1.82, 2.24) is 4.57 Å². The van der Waals surface area contributed by atoms with Gasteiger partial charge in [-0.15, -0.1) is 11.6 Å². The highest BCUT2D eigenvalue weighted by Gasteiger charge is 2.14. The number of aliphatic imine (C=N–C) groups is 3. The monoisotopic (exact) mass is 406 g/mol. The lowest BCUT2D eigenvalue weighted by molar-refractivity contribution is 1.18. The number of halogens is 2. The van der Waals surface area contributed by atoms with Crippen LogP contribution >= 0.6 is 23.2 Å². The summed E-state index contributed by atoms with van der Waals surface area (Å²) in [6.45, 7) is 3.40. The Kier molecular flexibility index (Phi) is 5.24. The molecule has 0 fully saturated rings. The van der Waals surface area contributed by atoms with Crippen LogP contribution in [-0.2, 0) is 0 Å². The van der Waals surface area contributed by atoms with Gasteiger partial charge in [-0.3, -0.25) is 0 Å². The van der Waals surface area contributed by atoms with Crippen LogP contribution in [0.1, 0.15) is 5.56 Å². The lowest BCUT2D eigenvalue weighted by Crippen LogP contribution is -2.01. The quantitative estimate of drug-likeness (QED) is 0.172. The molecular weight excluding hydrogens is 391 g/mol. The van der Waals surface area contributed by atoms with Gasteiger partial charge in [-0.05, 0) is 42.6 Å². The van der Waals surface area contributed by atoms with Crippen LogP contribution in [0, 0.1) is 0 Å². The number of para-hydroxylation sites is 2. The summed E-state index contributed by atoms with van der Waals surface area (Å²) in [6.07, 6.45) is 0. The van der Waals surface area contributed by atoms with Gasteiger partial charge in [0.15, 0.2) is 5.84 Å². The van der Waals surface area contributed by atoms with Crippen molar-refractivity contribution in [3.8, 4) is 5.69 Å². The largest absolute Gasteiger partial charge is 0.309 e. The second kappa shape index (κ2) is 7.97. The van der Waals surface area contributed by atoms with Crippen molar-refractivity contribution in [2.45, 2.75) is 0 Å². The summed E-state index contributed by atoms with van der Waals surface area (Å²) in [4.78, 5) is 12.1. The molecule has 0 bridgehead atoms. The Hall–Kier alpha value is -2.95.